The summed E-state index contributed by atoms with van der Waals surface area (Å²) in [6, 6.07) is 7.90. The highest BCUT2D eigenvalue weighted by molar-refractivity contribution is 7.99. The number of carbonyl (C=O) groups is 2. The number of ether oxygens (including phenoxy) is 1. The van der Waals surface area contributed by atoms with Gasteiger partial charge in [-0.1, -0.05) is 42.1 Å². The molecule has 0 saturated heterocycles. The molecule has 2 amide bonds. The van der Waals surface area contributed by atoms with Gasteiger partial charge in [0.25, 0.3) is 6.43 Å². The van der Waals surface area contributed by atoms with Gasteiger partial charge in [0.05, 0.1) is 18.2 Å². The molecule has 1 atom stereocenters. The number of nitrogens with two attached hydrogens (primary N) is 1. The van der Waals surface area contributed by atoms with Crippen molar-refractivity contribution in [1.82, 2.24) is 25.1 Å². The summed E-state index contributed by atoms with van der Waals surface area (Å²) in [6.07, 6.45) is -2.88. The molecule has 3 rings (SSSR count). The fourth-order valence-electron chi connectivity index (χ4n) is 3.21. The van der Waals surface area contributed by atoms with Crippen molar-refractivity contribution in [2.75, 3.05) is 24.7 Å². The zero-order valence-corrected chi connectivity index (χ0v) is 17.7. The van der Waals surface area contributed by atoms with Crippen molar-refractivity contribution in [3.05, 3.63) is 53.0 Å². The summed E-state index contributed by atoms with van der Waals surface area (Å²) in [5, 5.41) is 9.96. The number of halogens is 2. The summed E-state index contributed by atoms with van der Waals surface area (Å²) in [7, 11) is 0. The Morgan fingerprint density at radius 1 is 1.29 bits per heavy atom. The van der Waals surface area contributed by atoms with Gasteiger partial charge in [-0.3, -0.25) is 4.90 Å². The van der Waals surface area contributed by atoms with Crippen molar-refractivity contribution in [1.29, 1.82) is 0 Å². The maximum atomic E-state index is 13.0. The molecule has 1 aliphatic heterocycles. The molecule has 0 spiro atoms. The summed E-state index contributed by atoms with van der Waals surface area (Å²) in [6.45, 7) is 3.88. The number of carbonyl (C=O) groups excluding carboxylic acids is 2. The van der Waals surface area contributed by atoms with Crippen LogP contribution in [0.5, 0.6) is 0 Å². The molecule has 12 heteroatoms. The van der Waals surface area contributed by atoms with E-state index in [2.05, 4.69) is 15.5 Å². The van der Waals surface area contributed by atoms with Gasteiger partial charge in [0.15, 0.2) is 0 Å². The van der Waals surface area contributed by atoms with Crippen molar-refractivity contribution in [2.45, 2.75) is 31.5 Å². The van der Waals surface area contributed by atoms with E-state index >= 15 is 0 Å². The van der Waals surface area contributed by atoms with Crippen molar-refractivity contribution in [3.63, 3.8) is 0 Å². The summed E-state index contributed by atoms with van der Waals surface area (Å²) >= 11 is 0.993. The third kappa shape index (κ3) is 4.63. The largest absolute Gasteiger partial charge is 0.463 e. The number of hydrogen-bond donors (Lipinski definition) is 2. The maximum Gasteiger partial charge on any atom is 0.338 e. The van der Waals surface area contributed by atoms with Gasteiger partial charge in [-0.15, -0.1) is 10.2 Å². The molecular weight excluding hydrogens is 430 g/mol. The summed E-state index contributed by atoms with van der Waals surface area (Å²) in [5.41, 5.74) is 1.36. The molecule has 2 heterocycles. The molecule has 0 saturated carbocycles. The molecular formula is C19H22F2N6O3S. The van der Waals surface area contributed by atoms with Crippen LogP contribution in [-0.2, 0) is 9.53 Å². The topological polar surface area (TPSA) is 115 Å². The molecule has 3 N–H and O–H groups in total. The molecule has 0 unspecified atom stereocenters. The van der Waals surface area contributed by atoms with Crippen molar-refractivity contribution < 1.29 is 23.1 Å². The minimum atomic E-state index is -2.88. The number of rotatable bonds is 8. The predicted octanol–water partition coefficient (Wildman–Crippen LogP) is 2.63. The molecule has 166 valence electrons. The number of alkyl halides is 2. The standard InChI is InChI=1S/C19H22F2N6O3S/c1-3-26-12(10-31-19-25-24-16(15(20)21)27(19)22)13(17(28)30-4-2)14(23-18(26)29)11-8-6-5-7-9-11/h5-9,14-15H,3-4,10,22H2,1-2H3,(H,23,29)/t14-/m1/s1. The first-order valence-electron chi connectivity index (χ1n) is 9.53. The highest BCUT2D eigenvalue weighted by Crippen LogP contribution is 2.34. The third-order valence-electron chi connectivity index (χ3n) is 4.61. The Morgan fingerprint density at radius 3 is 2.58 bits per heavy atom. The van der Waals surface area contributed by atoms with E-state index in [4.69, 9.17) is 10.6 Å². The molecule has 31 heavy (non-hydrogen) atoms. The number of benzene rings is 1. The number of thioether (sulfide) groups is 1. The average molecular weight is 452 g/mol. The van der Waals surface area contributed by atoms with Gasteiger partial charge in [0, 0.05) is 18.0 Å². The van der Waals surface area contributed by atoms with Crippen LogP contribution in [0.15, 0.2) is 46.8 Å². The number of amides is 2. The van der Waals surface area contributed by atoms with Gasteiger partial charge >= 0.3 is 12.0 Å². The van der Waals surface area contributed by atoms with E-state index < -0.39 is 24.3 Å². The number of hydrogen-bond acceptors (Lipinski definition) is 7. The van der Waals surface area contributed by atoms with E-state index in [-0.39, 0.29) is 35.7 Å². The van der Waals surface area contributed by atoms with Crippen LogP contribution >= 0.6 is 11.8 Å². The Hall–Kier alpha value is -3.15. The third-order valence-corrected chi connectivity index (χ3v) is 5.56. The Balaban J connectivity index is 2.04. The van der Waals surface area contributed by atoms with Gasteiger partial charge in [-0.2, -0.15) is 0 Å². The van der Waals surface area contributed by atoms with Crippen LogP contribution in [-0.4, -0.2) is 50.7 Å². The fraction of sp³-hybridized carbons (Fsp3) is 0.368. The second-order valence-corrected chi connectivity index (χ2v) is 7.36. The Bertz CT molecular complexity index is 982. The quantitative estimate of drug-likeness (QED) is 0.359. The Kier molecular flexibility index (Phi) is 7.10. The number of urea groups is 1. The zero-order valence-electron chi connectivity index (χ0n) is 16.9. The van der Waals surface area contributed by atoms with Crippen LogP contribution in [0.25, 0.3) is 0 Å². The number of nitrogens with zero attached hydrogens (tertiary/aromatic N) is 4. The lowest BCUT2D eigenvalue weighted by molar-refractivity contribution is -0.139. The lowest BCUT2D eigenvalue weighted by atomic mass is 9.95. The molecule has 0 fully saturated rings. The van der Waals surface area contributed by atoms with Crippen molar-refractivity contribution >= 4 is 23.8 Å². The van der Waals surface area contributed by atoms with Crippen LogP contribution in [0.4, 0.5) is 13.6 Å². The average Bonchev–Trinajstić information content (AvgIpc) is 3.13. The van der Waals surface area contributed by atoms with Gasteiger partial charge in [0.2, 0.25) is 11.0 Å². The summed E-state index contributed by atoms with van der Waals surface area (Å²) in [4.78, 5) is 27.1. The first-order valence-corrected chi connectivity index (χ1v) is 10.5. The molecule has 1 aromatic carbocycles. The summed E-state index contributed by atoms with van der Waals surface area (Å²) in [5.74, 6) is 4.49. The van der Waals surface area contributed by atoms with Gasteiger partial charge in [0.1, 0.15) is 0 Å². The lowest BCUT2D eigenvalue weighted by Gasteiger charge is -2.36. The molecule has 1 aromatic heterocycles. The van der Waals surface area contributed by atoms with Crippen molar-refractivity contribution in [2.24, 2.45) is 0 Å². The second-order valence-electron chi connectivity index (χ2n) is 6.42. The van der Waals surface area contributed by atoms with E-state index in [0.29, 0.717) is 15.9 Å². The minimum Gasteiger partial charge on any atom is -0.463 e. The minimum absolute atomic E-state index is 0.0318. The van der Waals surface area contributed by atoms with Crippen LogP contribution in [0.3, 0.4) is 0 Å². The molecule has 0 bridgehead atoms. The molecule has 0 radical (unpaired) electrons. The predicted molar refractivity (Wildman–Crippen MR) is 110 cm³/mol. The summed E-state index contributed by atoms with van der Waals surface area (Å²) < 4.78 is 31.9. The molecule has 1 aliphatic rings. The first kappa shape index (κ1) is 22.5. The van der Waals surface area contributed by atoms with E-state index in [0.717, 1.165) is 11.8 Å². The molecule has 0 aliphatic carbocycles. The van der Waals surface area contributed by atoms with Gasteiger partial charge < -0.3 is 15.9 Å². The molecule has 9 nitrogen and oxygen atoms in total. The number of nitrogen functional groups attached to an aromatic ring is 1. The first-order chi connectivity index (χ1) is 14.9. The fourth-order valence-corrected chi connectivity index (χ4v) is 4.12. The lowest BCUT2D eigenvalue weighted by Crippen LogP contribution is -2.49. The second kappa shape index (κ2) is 9.77. The van der Waals surface area contributed by atoms with Gasteiger partial charge in [-0.25, -0.2) is 23.0 Å². The zero-order chi connectivity index (χ0) is 22.5. The highest BCUT2D eigenvalue weighted by Gasteiger charge is 2.37. The van der Waals surface area contributed by atoms with E-state index in [1.54, 1.807) is 38.1 Å². The molecule has 2 aromatic rings. The van der Waals surface area contributed by atoms with Crippen LogP contribution in [0.2, 0.25) is 0 Å². The van der Waals surface area contributed by atoms with E-state index in [1.807, 2.05) is 6.07 Å². The van der Waals surface area contributed by atoms with Crippen LogP contribution in [0, 0.1) is 0 Å². The smallest absolute Gasteiger partial charge is 0.338 e. The van der Waals surface area contributed by atoms with Crippen LogP contribution in [0.1, 0.15) is 37.7 Å². The normalized spacial score (nSPS) is 16.6. The number of nitrogens with one attached hydrogen (secondary N) is 1. The van der Waals surface area contributed by atoms with Crippen LogP contribution < -0.4 is 11.2 Å². The maximum absolute atomic E-state index is 13.0. The van der Waals surface area contributed by atoms with E-state index in [9.17, 15) is 18.4 Å². The Labute approximate surface area is 181 Å². The number of aromatic nitrogens is 3. The number of esters is 1. The van der Waals surface area contributed by atoms with Crippen molar-refractivity contribution in [3.8, 4) is 0 Å². The Morgan fingerprint density at radius 2 is 2.00 bits per heavy atom. The van der Waals surface area contributed by atoms with E-state index in [1.165, 1.54) is 4.90 Å². The van der Waals surface area contributed by atoms with Gasteiger partial charge in [-0.05, 0) is 19.4 Å². The highest BCUT2D eigenvalue weighted by atomic mass is 32.2. The monoisotopic (exact) mass is 452 g/mol. The SMILES string of the molecule is CCOC(=O)C1=C(CSc2nnc(C(F)F)n2N)N(CC)C(=O)N[C@@H]1c1ccccc1.